The molecule has 1 aliphatic carbocycles. The zero-order chi connectivity index (χ0) is 15.1. The molecule has 1 atom stereocenters. The van der Waals surface area contributed by atoms with Crippen LogP contribution in [-0.2, 0) is 4.79 Å². The van der Waals surface area contributed by atoms with E-state index in [4.69, 9.17) is 0 Å². The van der Waals surface area contributed by atoms with Crippen LogP contribution in [0.15, 0.2) is 4.99 Å². The third kappa shape index (κ3) is 4.90. The topological polar surface area (TPSA) is 56.7 Å². The van der Waals surface area contributed by atoms with Gasteiger partial charge in [0.25, 0.3) is 0 Å². The van der Waals surface area contributed by atoms with Crippen LogP contribution in [0.25, 0.3) is 0 Å². The van der Waals surface area contributed by atoms with Crippen LogP contribution >= 0.6 is 0 Å². The van der Waals surface area contributed by atoms with Crippen molar-refractivity contribution in [3.63, 3.8) is 0 Å². The molecule has 0 aromatic rings. The number of carbonyl (C=O) groups excluding carboxylic acids is 1. The quantitative estimate of drug-likeness (QED) is 0.615. The van der Waals surface area contributed by atoms with Gasteiger partial charge in [0.05, 0.1) is 0 Å². The summed E-state index contributed by atoms with van der Waals surface area (Å²) in [6, 6.07) is 0.955. The molecular formula is C16H30N4O. The Bertz CT molecular complexity index is 363. The molecule has 0 spiro atoms. The molecule has 0 bridgehead atoms. The molecule has 1 heterocycles. The van der Waals surface area contributed by atoms with E-state index in [1.54, 1.807) is 7.05 Å². The van der Waals surface area contributed by atoms with Crippen LogP contribution < -0.4 is 10.6 Å². The third-order valence-corrected chi connectivity index (χ3v) is 4.67. The molecule has 2 rings (SSSR count). The SMILES string of the molecule is CN=C(NCCC(=O)N1CCCCC1C)NC1CCCC1. The zero-order valence-electron chi connectivity index (χ0n) is 13.5. The second-order valence-corrected chi connectivity index (χ2v) is 6.31. The first kappa shape index (κ1) is 16.1. The highest BCUT2D eigenvalue weighted by atomic mass is 16.2. The van der Waals surface area contributed by atoms with Gasteiger partial charge in [-0.2, -0.15) is 0 Å². The summed E-state index contributed by atoms with van der Waals surface area (Å²) >= 11 is 0. The highest BCUT2D eigenvalue weighted by Crippen LogP contribution is 2.18. The largest absolute Gasteiger partial charge is 0.356 e. The smallest absolute Gasteiger partial charge is 0.224 e. The Morgan fingerprint density at radius 3 is 2.57 bits per heavy atom. The van der Waals surface area contributed by atoms with Crippen molar-refractivity contribution < 1.29 is 4.79 Å². The monoisotopic (exact) mass is 294 g/mol. The van der Waals surface area contributed by atoms with Crippen LogP contribution in [0.2, 0.25) is 0 Å². The molecule has 0 radical (unpaired) electrons. The number of nitrogens with zero attached hydrogens (tertiary/aromatic N) is 2. The normalized spacial score (nSPS) is 24.2. The molecular weight excluding hydrogens is 264 g/mol. The molecule has 2 aliphatic rings. The van der Waals surface area contributed by atoms with Crippen molar-refractivity contribution >= 4 is 11.9 Å². The molecule has 0 aromatic heterocycles. The fraction of sp³-hybridized carbons (Fsp3) is 0.875. The van der Waals surface area contributed by atoms with E-state index in [-0.39, 0.29) is 5.91 Å². The Morgan fingerprint density at radius 1 is 1.19 bits per heavy atom. The minimum atomic E-state index is 0.269. The van der Waals surface area contributed by atoms with E-state index in [1.807, 2.05) is 4.90 Å². The Kier molecular flexibility index (Phi) is 6.33. The van der Waals surface area contributed by atoms with Gasteiger partial charge in [-0.3, -0.25) is 9.79 Å². The fourth-order valence-electron chi connectivity index (χ4n) is 3.36. The zero-order valence-corrected chi connectivity index (χ0v) is 13.5. The second-order valence-electron chi connectivity index (χ2n) is 6.31. The Labute approximate surface area is 128 Å². The van der Waals surface area contributed by atoms with Gasteiger partial charge in [0.1, 0.15) is 0 Å². The molecule has 1 saturated heterocycles. The number of amides is 1. The fourth-order valence-corrected chi connectivity index (χ4v) is 3.36. The van der Waals surface area contributed by atoms with E-state index >= 15 is 0 Å². The standard InChI is InChI=1S/C16H30N4O/c1-13-7-5-6-12-20(13)15(21)10-11-18-16(17-2)19-14-8-3-4-9-14/h13-14H,3-12H2,1-2H3,(H2,17,18,19). The predicted octanol–water partition coefficient (Wildman–Crippen LogP) is 1.89. The number of rotatable bonds is 4. The molecule has 1 aliphatic heterocycles. The lowest BCUT2D eigenvalue weighted by molar-refractivity contribution is -0.134. The number of nitrogens with one attached hydrogen (secondary N) is 2. The van der Waals surface area contributed by atoms with Crippen molar-refractivity contribution in [2.75, 3.05) is 20.1 Å². The number of hydrogen-bond donors (Lipinski definition) is 2. The summed E-state index contributed by atoms with van der Waals surface area (Å²) < 4.78 is 0. The minimum Gasteiger partial charge on any atom is -0.356 e. The van der Waals surface area contributed by atoms with Gasteiger partial charge in [0.2, 0.25) is 5.91 Å². The maximum Gasteiger partial charge on any atom is 0.224 e. The molecule has 5 heteroatoms. The number of carbonyl (C=O) groups is 1. The first-order chi connectivity index (χ1) is 10.2. The predicted molar refractivity (Wildman–Crippen MR) is 86.4 cm³/mol. The van der Waals surface area contributed by atoms with Crippen LogP contribution in [-0.4, -0.2) is 49.0 Å². The van der Waals surface area contributed by atoms with E-state index in [2.05, 4.69) is 22.5 Å². The number of aliphatic imine (C=N–C) groups is 1. The van der Waals surface area contributed by atoms with E-state index in [0.717, 1.165) is 25.3 Å². The van der Waals surface area contributed by atoms with Crippen molar-refractivity contribution in [1.29, 1.82) is 0 Å². The van der Waals surface area contributed by atoms with Gasteiger partial charge in [-0.1, -0.05) is 12.8 Å². The van der Waals surface area contributed by atoms with Crippen molar-refractivity contribution in [1.82, 2.24) is 15.5 Å². The highest BCUT2D eigenvalue weighted by Gasteiger charge is 2.22. The molecule has 2 N–H and O–H groups in total. The molecule has 5 nitrogen and oxygen atoms in total. The molecule has 1 unspecified atom stereocenters. The van der Waals surface area contributed by atoms with Crippen LogP contribution in [0.5, 0.6) is 0 Å². The second kappa shape index (κ2) is 8.25. The lowest BCUT2D eigenvalue weighted by Gasteiger charge is -2.33. The van der Waals surface area contributed by atoms with Crippen LogP contribution in [0.4, 0.5) is 0 Å². The number of likely N-dealkylation sites (tertiary alicyclic amines) is 1. The Hall–Kier alpha value is -1.26. The maximum atomic E-state index is 12.2. The molecule has 1 amide bonds. The summed E-state index contributed by atoms with van der Waals surface area (Å²) in [6.07, 6.45) is 9.16. The van der Waals surface area contributed by atoms with Gasteiger partial charge in [-0.25, -0.2) is 0 Å². The summed E-state index contributed by atoms with van der Waals surface area (Å²) in [7, 11) is 1.79. The average Bonchev–Trinajstić information content (AvgIpc) is 2.99. The van der Waals surface area contributed by atoms with Gasteiger partial charge in [-0.15, -0.1) is 0 Å². The van der Waals surface area contributed by atoms with Crippen molar-refractivity contribution in [2.24, 2.45) is 4.99 Å². The Balaban J connectivity index is 1.68. The minimum absolute atomic E-state index is 0.269. The summed E-state index contributed by atoms with van der Waals surface area (Å²) in [6.45, 7) is 3.74. The molecule has 1 saturated carbocycles. The first-order valence-electron chi connectivity index (χ1n) is 8.47. The van der Waals surface area contributed by atoms with Gasteiger partial charge >= 0.3 is 0 Å². The number of piperidine rings is 1. The van der Waals surface area contributed by atoms with Crippen molar-refractivity contribution in [3.8, 4) is 0 Å². The lowest BCUT2D eigenvalue weighted by atomic mass is 10.0. The number of guanidine groups is 1. The Morgan fingerprint density at radius 2 is 1.90 bits per heavy atom. The van der Waals surface area contributed by atoms with E-state index in [1.165, 1.54) is 32.1 Å². The van der Waals surface area contributed by atoms with Gasteiger partial charge in [0.15, 0.2) is 5.96 Å². The molecule has 120 valence electrons. The lowest BCUT2D eigenvalue weighted by Crippen LogP contribution is -2.45. The average molecular weight is 294 g/mol. The van der Waals surface area contributed by atoms with Crippen molar-refractivity contribution in [3.05, 3.63) is 0 Å². The molecule has 2 fully saturated rings. The van der Waals surface area contributed by atoms with E-state index < -0.39 is 0 Å². The van der Waals surface area contributed by atoms with Gasteiger partial charge in [0, 0.05) is 38.6 Å². The molecule has 0 aromatic carbocycles. The maximum absolute atomic E-state index is 12.2. The van der Waals surface area contributed by atoms with Crippen LogP contribution in [0.3, 0.4) is 0 Å². The summed E-state index contributed by atoms with van der Waals surface area (Å²) in [5, 5.41) is 6.71. The van der Waals surface area contributed by atoms with E-state index in [9.17, 15) is 4.79 Å². The van der Waals surface area contributed by atoms with Crippen molar-refractivity contribution in [2.45, 2.75) is 70.4 Å². The van der Waals surface area contributed by atoms with Gasteiger partial charge < -0.3 is 15.5 Å². The third-order valence-electron chi connectivity index (χ3n) is 4.67. The summed E-state index contributed by atoms with van der Waals surface area (Å²) in [5.74, 6) is 1.10. The highest BCUT2D eigenvalue weighted by molar-refractivity contribution is 5.81. The first-order valence-corrected chi connectivity index (χ1v) is 8.47. The molecule has 21 heavy (non-hydrogen) atoms. The van der Waals surface area contributed by atoms with Crippen LogP contribution in [0, 0.1) is 0 Å². The summed E-state index contributed by atoms with van der Waals surface area (Å²) in [4.78, 5) is 18.5. The van der Waals surface area contributed by atoms with Crippen LogP contribution in [0.1, 0.15) is 58.3 Å². The van der Waals surface area contributed by atoms with E-state index in [0.29, 0.717) is 25.0 Å². The summed E-state index contributed by atoms with van der Waals surface area (Å²) in [5.41, 5.74) is 0. The van der Waals surface area contributed by atoms with Gasteiger partial charge in [-0.05, 0) is 39.0 Å². The number of hydrogen-bond acceptors (Lipinski definition) is 2.